The second kappa shape index (κ2) is 5.46. The molecule has 2 aromatic rings. The van der Waals surface area contributed by atoms with Crippen molar-refractivity contribution in [3.8, 4) is 0 Å². The van der Waals surface area contributed by atoms with E-state index in [0.717, 1.165) is 12.2 Å². The number of nitrogens with zero attached hydrogens (tertiary/aromatic N) is 2. The van der Waals surface area contributed by atoms with E-state index in [1.165, 1.54) is 42.4 Å². The number of benzene rings is 1. The van der Waals surface area contributed by atoms with Gasteiger partial charge in [0.15, 0.2) is 0 Å². The van der Waals surface area contributed by atoms with Crippen LogP contribution in [0.1, 0.15) is 31.4 Å². The second-order valence-corrected chi connectivity index (χ2v) is 5.73. The van der Waals surface area contributed by atoms with Crippen LogP contribution in [0.25, 0.3) is 10.9 Å². The Morgan fingerprint density at radius 3 is 2.70 bits per heavy atom. The fourth-order valence-corrected chi connectivity index (χ4v) is 3.31. The minimum absolute atomic E-state index is 0.599. The number of piperidine rings is 1. The topological polar surface area (TPSA) is 40.4 Å². The molecule has 20 heavy (non-hydrogen) atoms. The first kappa shape index (κ1) is 13.5. The van der Waals surface area contributed by atoms with Crippen LogP contribution in [-0.2, 0) is 0 Å². The van der Waals surface area contributed by atoms with Gasteiger partial charge < -0.3 is 9.47 Å². The van der Waals surface area contributed by atoms with Crippen molar-refractivity contribution in [2.45, 2.75) is 32.7 Å². The molecular weight excluding hydrogens is 250 g/mol. The molecule has 1 aromatic heterocycles. The summed E-state index contributed by atoms with van der Waals surface area (Å²) in [7, 11) is 0. The zero-order valence-electron chi connectivity index (χ0n) is 12.3. The molecule has 0 bridgehead atoms. The van der Waals surface area contributed by atoms with Crippen molar-refractivity contribution < 1.29 is 5.21 Å². The molecule has 2 heterocycles. The molecule has 1 aromatic carbocycles. The van der Waals surface area contributed by atoms with Crippen molar-refractivity contribution in [1.82, 2.24) is 9.47 Å². The number of nitrogens with one attached hydrogen (secondary N) is 1. The molecule has 0 amide bonds. The second-order valence-electron chi connectivity index (χ2n) is 5.73. The summed E-state index contributed by atoms with van der Waals surface area (Å²) in [6.45, 7) is 7.91. The fraction of sp³-hybridized carbons (Fsp3) is 0.500. The van der Waals surface area contributed by atoms with Crippen molar-refractivity contribution in [2.75, 3.05) is 25.1 Å². The van der Waals surface area contributed by atoms with Gasteiger partial charge in [-0.05, 0) is 50.1 Å². The van der Waals surface area contributed by atoms with E-state index < -0.39 is 0 Å². The van der Waals surface area contributed by atoms with Gasteiger partial charge in [0.25, 0.3) is 0 Å². The van der Waals surface area contributed by atoms with Gasteiger partial charge in [0, 0.05) is 36.2 Å². The normalized spacial score (nSPS) is 17.8. The largest absolute Gasteiger partial charge is 0.344 e. The molecule has 1 fully saturated rings. The smallest absolute Gasteiger partial charge is 0.0609 e. The molecule has 0 atom stereocenters. The third kappa shape index (κ3) is 2.30. The highest BCUT2D eigenvalue weighted by molar-refractivity contribution is 5.87. The molecule has 0 saturated carbocycles. The predicted octanol–water partition coefficient (Wildman–Crippen LogP) is 3.41. The van der Waals surface area contributed by atoms with Crippen LogP contribution in [0.3, 0.4) is 0 Å². The summed E-state index contributed by atoms with van der Waals surface area (Å²) < 4.78 is 2.43. The molecule has 4 heteroatoms. The first-order chi connectivity index (χ1) is 9.72. The van der Waals surface area contributed by atoms with Gasteiger partial charge in [0.05, 0.1) is 5.69 Å². The summed E-state index contributed by atoms with van der Waals surface area (Å²) in [6.07, 6.45) is 4.70. The van der Waals surface area contributed by atoms with Crippen molar-refractivity contribution in [2.24, 2.45) is 0 Å². The lowest BCUT2D eigenvalue weighted by Gasteiger charge is -2.32. The molecule has 4 nitrogen and oxygen atoms in total. The minimum atomic E-state index is 0.599. The van der Waals surface area contributed by atoms with Crippen LogP contribution < -0.4 is 5.48 Å². The summed E-state index contributed by atoms with van der Waals surface area (Å²) in [5.41, 5.74) is 5.53. The standard InChI is InChI=1S/C16H23N3O/c1-3-18-8-6-14(7-9-18)19-11-12(2)15-10-13(17-20)4-5-16(15)19/h4-5,10-11,14,17,20H,3,6-9H2,1-2H3. The van der Waals surface area contributed by atoms with Gasteiger partial charge in [0.1, 0.15) is 0 Å². The van der Waals surface area contributed by atoms with Crippen molar-refractivity contribution in [3.05, 3.63) is 30.0 Å². The zero-order chi connectivity index (χ0) is 14.1. The number of rotatable bonds is 3. The van der Waals surface area contributed by atoms with Crippen LogP contribution in [0.2, 0.25) is 0 Å². The summed E-state index contributed by atoms with van der Waals surface area (Å²) in [5, 5.41) is 10.3. The van der Waals surface area contributed by atoms with Crippen LogP contribution in [0.15, 0.2) is 24.4 Å². The Morgan fingerprint density at radius 1 is 1.30 bits per heavy atom. The van der Waals surface area contributed by atoms with Gasteiger partial charge in [-0.2, -0.15) is 0 Å². The minimum Gasteiger partial charge on any atom is -0.344 e. The number of hydrogen-bond acceptors (Lipinski definition) is 3. The number of aromatic nitrogens is 1. The number of hydrogen-bond donors (Lipinski definition) is 2. The van der Waals surface area contributed by atoms with E-state index in [4.69, 9.17) is 5.21 Å². The molecule has 0 aliphatic carbocycles. The highest BCUT2D eigenvalue weighted by Crippen LogP contribution is 2.31. The summed E-state index contributed by atoms with van der Waals surface area (Å²) in [5.74, 6) is 0. The lowest BCUT2D eigenvalue weighted by Crippen LogP contribution is -2.34. The molecule has 0 spiro atoms. The predicted molar refractivity (Wildman–Crippen MR) is 82.5 cm³/mol. The maximum Gasteiger partial charge on any atom is 0.0609 e. The van der Waals surface area contributed by atoms with Crippen molar-refractivity contribution >= 4 is 16.6 Å². The Hall–Kier alpha value is -1.52. The lowest BCUT2D eigenvalue weighted by atomic mass is 10.0. The molecular formula is C16H23N3O. The van der Waals surface area contributed by atoms with Crippen molar-refractivity contribution in [1.29, 1.82) is 0 Å². The third-order valence-electron chi connectivity index (χ3n) is 4.56. The highest BCUT2D eigenvalue weighted by Gasteiger charge is 2.21. The van der Waals surface area contributed by atoms with E-state index in [1.54, 1.807) is 0 Å². The van der Waals surface area contributed by atoms with Gasteiger partial charge in [-0.15, -0.1) is 0 Å². The highest BCUT2D eigenvalue weighted by atomic mass is 16.5. The molecule has 1 aliphatic rings. The first-order valence-corrected chi connectivity index (χ1v) is 7.46. The van der Waals surface area contributed by atoms with E-state index >= 15 is 0 Å². The number of anilines is 1. The summed E-state index contributed by atoms with van der Waals surface area (Å²) >= 11 is 0. The van der Waals surface area contributed by atoms with E-state index in [2.05, 4.69) is 41.1 Å². The Kier molecular flexibility index (Phi) is 3.68. The van der Waals surface area contributed by atoms with Crippen LogP contribution in [0.4, 0.5) is 5.69 Å². The first-order valence-electron chi connectivity index (χ1n) is 7.46. The lowest BCUT2D eigenvalue weighted by molar-refractivity contribution is 0.197. The van der Waals surface area contributed by atoms with Gasteiger partial charge in [0.2, 0.25) is 0 Å². The average Bonchev–Trinajstić information content (AvgIpc) is 2.84. The Balaban J connectivity index is 1.92. The molecule has 2 N–H and O–H groups in total. The van der Waals surface area contributed by atoms with E-state index in [9.17, 15) is 0 Å². The number of fused-ring (bicyclic) bond motifs is 1. The van der Waals surface area contributed by atoms with Crippen LogP contribution in [-0.4, -0.2) is 34.3 Å². The summed E-state index contributed by atoms with van der Waals surface area (Å²) in [6, 6.07) is 6.65. The van der Waals surface area contributed by atoms with Crippen LogP contribution in [0.5, 0.6) is 0 Å². The maximum absolute atomic E-state index is 9.04. The molecule has 3 rings (SSSR count). The van der Waals surface area contributed by atoms with E-state index in [0.29, 0.717) is 6.04 Å². The summed E-state index contributed by atoms with van der Waals surface area (Å²) in [4.78, 5) is 2.52. The van der Waals surface area contributed by atoms with Gasteiger partial charge in [-0.3, -0.25) is 10.7 Å². The number of likely N-dealkylation sites (tertiary alicyclic amines) is 1. The molecule has 1 saturated heterocycles. The quantitative estimate of drug-likeness (QED) is 0.842. The van der Waals surface area contributed by atoms with Crippen LogP contribution >= 0.6 is 0 Å². The molecule has 0 unspecified atom stereocenters. The third-order valence-corrected chi connectivity index (χ3v) is 4.56. The Labute approximate surface area is 120 Å². The van der Waals surface area contributed by atoms with Gasteiger partial charge in [-0.1, -0.05) is 6.92 Å². The molecule has 0 radical (unpaired) electrons. The van der Waals surface area contributed by atoms with Crippen LogP contribution in [0, 0.1) is 6.92 Å². The van der Waals surface area contributed by atoms with E-state index in [-0.39, 0.29) is 0 Å². The maximum atomic E-state index is 9.04. The van der Waals surface area contributed by atoms with E-state index in [1.807, 2.05) is 12.1 Å². The van der Waals surface area contributed by atoms with Gasteiger partial charge >= 0.3 is 0 Å². The zero-order valence-corrected chi connectivity index (χ0v) is 12.3. The number of aryl methyl sites for hydroxylation is 1. The Morgan fingerprint density at radius 2 is 2.05 bits per heavy atom. The van der Waals surface area contributed by atoms with Gasteiger partial charge in [-0.25, -0.2) is 0 Å². The fourth-order valence-electron chi connectivity index (χ4n) is 3.31. The SMILES string of the molecule is CCN1CCC(n2cc(C)c3cc(NO)ccc32)CC1. The average molecular weight is 273 g/mol. The molecule has 108 valence electrons. The van der Waals surface area contributed by atoms with Crippen molar-refractivity contribution in [3.63, 3.8) is 0 Å². The Bertz CT molecular complexity index is 597. The molecule has 1 aliphatic heterocycles. The monoisotopic (exact) mass is 273 g/mol.